The van der Waals surface area contributed by atoms with E-state index in [4.69, 9.17) is 0 Å². The first-order valence-electron chi connectivity index (χ1n) is 6.91. The van der Waals surface area contributed by atoms with Gasteiger partial charge < -0.3 is 10.1 Å². The summed E-state index contributed by atoms with van der Waals surface area (Å²) in [5.41, 5.74) is 1.46. The van der Waals surface area contributed by atoms with Crippen LogP contribution in [-0.4, -0.2) is 23.7 Å². The molecule has 122 valence electrons. The highest BCUT2D eigenvalue weighted by Crippen LogP contribution is 2.20. The number of aryl methyl sites for hydroxylation is 1. The third-order valence-corrected chi connectivity index (χ3v) is 2.90. The van der Waals surface area contributed by atoms with E-state index < -0.39 is 12.8 Å². The molecule has 1 N–H and O–H groups in total. The minimum atomic E-state index is -4.38. The van der Waals surface area contributed by atoms with Crippen molar-refractivity contribution in [2.45, 2.75) is 19.0 Å². The van der Waals surface area contributed by atoms with Gasteiger partial charge in [-0.05, 0) is 42.3 Å². The highest BCUT2D eigenvalue weighted by atomic mass is 19.4. The lowest BCUT2D eigenvalue weighted by atomic mass is 10.1. The number of anilines is 1. The summed E-state index contributed by atoms with van der Waals surface area (Å²) in [5.74, 6) is -0.0894. The zero-order valence-corrected chi connectivity index (χ0v) is 12.1. The van der Waals surface area contributed by atoms with Gasteiger partial charge in [0.1, 0.15) is 5.75 Å². The molecule has 0 saturated carbocycles. The highest BCUT2D eigenvalue weighted by Gasteiger charge is 2.28. The van der Waals surface area contributed by atoms with Gasteiger partial charge in [0.05, 0.1) is 0 Å². The smallest absolute Gasteiger partial charge is 0.422 e. The number of ether oxygens (including phenoxy) is 1. The van der Waals surface area contributed by atoms with Crippen molar-refractivity contribution < 1.29 is 22.7 Å². The summed E-state index contributed by atoms with van der Waals surface area (Å²) in [6.07, 6.45) is -0.171. The monoisotopic (exact) mass is 324 g/mol. The topological polar surface area (TPSA) is 51.2 Å². The number of rotatable bonds is 6. The Morgan fingerprint density at radius 3 is 2.52 bits per heavy atom. The van der Waals surface area contributed by atoms with Crippen LogP contribution in [0.25, 0.3) is 0 Å². The molecule has 0 bridgehead atoms. The number of benzene rings is 1. The van der Waals surface area contributed by atoms with Crippen LogP contribution in [0.15, 0.2) is 48.8 Å². The molecule has 0 atom stereocenters. The number of amides is 1. The van der Waals surface area contributed by atoms with E-state index in [-0.39, 0.29) is 18.1 Å². The molecule has 0 saturated heterocycles. The molecule has 0 aliphatic carbocycles. The summed E-state index contributed by atoms with van der Waals surface area (Å²) in [7, 11) is 0. The third-order valence-electron chi connectivity index (χ3n) is 2.90. The molecule has 1 heterocycles. The van der Waals surface area contributed by atoms with Crippen LogP contribution in [0.4, 0.5) is 18.9 Å². The lowest BCUT2D eigenvalue weighted by Gasteiger charge is -2.10. The van der Waals surface area contributed by atoms with Crippen molar-refractivity contribution in [3.8, 4) is 5.75 Å². The van der Waals surface area contributed by atoms with Crippen molar-refractivity contribution in [2.24, 2.45) is 0 Å². The third kappa shape index (κ3) is 6.37. The Labute approximate surface area is 131 Å². The molecule has 0 aliphatic rings. The van der Waals surface area contributed by atoms with E-state index in [1.54, 1.807) is 18.5 Å². The Hall–Kier alpha value is -2.57. The van der Waals surface area contributed by atoms with Crippen LogP contribution >= 0.6 is 0 Å². The van der Waals surface area contributed by atoms with Gasteiger partial charge in [-0.2, -0.15) is 13.2 Å². The molecule has 1 aromatic carbocycles. The first kappa shape index (κ1) is 16.8. The molecule has 2 rings (SSSR count). The molecule has 0 spiro atoms. The molecule has 7 heteroatoms. The number of aromatic nitrogens is 1. The molecule has 1 aromatic heterocycles. The van der Waals surface area contributed by atoms with Crippen molar-refractivity contribution in [1.29, 1.82) is 0 Å². The standard InChI is InChI=1S/C16H15F3N2O2/c17-16(18,19)11-23-14-6-4-13(5-7-14)21-15(22)8-3-12-2-1-9-20-10-12/h1-2,4-7,9-10H,3,8,11H2,(H,21,22). The molecule has 23 heavy (non-hydrogen) atoms. The van der Waals surface area contributed by atoms with Crippen molar-refractivity contribution in [2.75, 3.05) is 11.9 Å². The molecule has 0 fully saturated rings. The second-order valence-corrected chi connectivity index (χ2v) is 4.84. The Balaban J connectivity index is 1.80. The zero-order valence-electron chi connectivity index (χ0n) is 12.1. The van der Waals surface area contributed by atoms with Crippen LogP contribution in [0.5, 0.6) is 5.75 Å². The Kier molecular flexibility index (Phi) is 5.56. The normalized spacial score (nSPS) is 11.1. The Morgan fingerprint density at radius 2 is 1.91 bits per heavy atom. The average Bonchev–Trinajstić information content (AvgIpc) is 2.53. The van der Waals surface area contributed by atoms with E-state index in [2.05, 4.69) is 15.0 Å². The minimum Gasteiger partial charge on any atom is -0.484 e. The molecular weight excluding hydrogens is 309 g/mol. The van der Waals surface area contributed by atoms with Gasteiger partial charge in [0, 0.05) is 24.5 Å². The van der Waals surface area contributed by atoms with E-state index in [1.165, 1.54) is 24.3 Å². The fourth-order valence-electron chi connectivity index (χ4n) is 1.83. The van der Waals surface area contributed by atoms with E-state index in [9.17, 15) is 18.0 Å². The fourth-order valence-corrected chi connectivity index (χ4v) is 1.83. The summed E-state index contributed by atoms with van der Waals surface area (Å²) in [5, 5.41) is 2.67. The highest BCUT2D eigenvalue weighted by molar-refractivity contribution is 5.90. The second kappa shape index (κ2) is 7.62. The zero-order chi connectivity index (χ0) is 16.7. The number of halogens is 3. The maximum atomic E-state index is 12.0. The predicted molar refractivity (Wildman–Crippen MR) is 79.2 cm³/mol. The van der Waals surface area contributed by atoms with E-state index in [1.807, 2.05) is 6.07 Å². The number of nitrogens with one attached hydrogen (secondary N) is 1. The Morgan fingerprint density at radius 1 is 1.17 bits per heavy atom. The SMILES string of the molecule is O=C(CCc1cccnc1)Nc1ccc(OCC(F)(F)F)cc1. The van der Waals surface area contributed by atoms with Gasteiger partial charge in [0.2, 0.25) is 5.91 Å². The van der Waals surface area contributed by atoms with Crippen LogP contribution in [0, 0.1) is 0 Å². The summed E-state index contributed by atoms with van der Waals surface area (Å²) < 4.78 is 40.7. The molecule has 1 amide bonds. The maximum Gasteiger partial charge on any atom is 0.422 e. The van der Waals surface area contributed by atoms with Crippen LogP contribution in [0.2, 0.25) is 0 Å². The number of pyridine rings is 1. The first-order chi connectivity index (χ1) is 10.9. The van der Waals surface area contributed by atoms with Gasteiger partial charge in [-0.15, -0.1) is 0 Å². The molecule has 0 unspecified atom stereocenters. The van der Waals surface area contributed by atoms with Crippen molar-refractivity contribution in [1.82, 2.24) is 4.98 Å². The minimum absolute atomic E-state index is 0.0932. The van der Waals surface area contributed by atoms with Gasteiger partial charge in [-0.1, -0.05) is 6.07 Å². The van der Waals surface area contributed by atoms with Crippen molar-refractivity contribution in [3.63, 3.8) is 0 Å². The van der Waals surface area contributed by atoms with Gasteiger partial charge >= 0.3 is 6.18 Å². The quantitative estimate of drug-likeness (QED) is 0.883. The first-order valence-corrected chi connectivity index (χ1v) is 6.91. The van der Waals surface area contributed by atoms with Crippen molar-refractivity contribution in [3.05, 3.63) is 54.4 Å². The lowest BCUT2D eigenvalue weighted by Crippen LogP contribution is -2.19. The summed E-state index contributed by atoms with van der Waals surface area (Å²) in [4.78, 5) is 15.8. The summed E-state index contributed by atoms with van der Waals surface area (Å²) >= 11 is 0. The lowest BCUT2D eigenvalue weighted by molar-refractivity contribution is -0.153. The van der Waals surface area contributed by atoms with E-state index in [0.717, 1.165) is 5.56 Å². The number of hydrogen-bond donors (Lipinski definition) is 1. The molecule has 0 aliphatic heterocycles. The van der Waals surface area contributed by atoms with Gasteiger partial charge in [-0.3, -0.25) is 9.78 Å². The molecule has 0 radical (unpaired) electrons. The number of alkyl halides is 3. The van der Waals surface area contributed by atoms with Crippen LogP contribution in [0.1, 0.15) is 12.0 Å². The summed E-state index contributed by atoms with van der Waals surface area (Å²) in [6, 6.07) is 9.42. The van der Waals surface area contributed by atoms with Crippen LogP contribution < -0.4 is 10.1 Å². The number of hydrogen-bond acceptors (Lipinski definition) is 3. The van der Waals surface area contributed by atoms with Gasteiger partial charge in [0.15, 0.2) is 6.61 Å². The van der Waals surface area contributed by atoms with Gasteiger partial charge in [-0.25, -0.2) is 0 Å². The predicted octanol–water partition coefficient (Wildman–Crippen LogP) is 3.59. The van der Waals surface area contributed by atoms with Crippen molar-refractivity contribution >= 4 is 11.6 Å². The van der Waals surface area contributed by atoms with E-state index >= 15 is 0 Å². The molecule has 4 nitrogen and oxygen atoms in total. The second-order valence-electron chi connectivity index (χ2n) is 4.84. The Bertz CT molecular complexity index is 628. The largest absolute Gasteiger partial charge is 0.484 e. The van der Waals surface area contributed by atoms with Crippen LogP contribution in [0.3, 0.4) is 0 Å². The molecular formula is C16H15F3N2O2. The number of nitrogens with zero attached hydrogens (tertiary/aromatic N) is 1. The average molecular weight is 324 g/mol. The number of carbonyl (C=O) groups excluding carboxylic acids is 1. The number of carbonyl (C=O) groups is 1. The maximum absolute atomic E-state index is 12.0. The summed E-state index contributed by atoms with van der Waals surface area (Å²) in [6.45, 7) is -1.34. The molecule has 2 aromatic rings. The fraction of sp³-hybridized carbons (Fsp3) is 0.250. The van der Waals surface area contributed by atoms with Gasteiger partial charge in [0.25, 0.3) is 0 Å². The van der Waals surface area contributed by atoms with E-state index in [0.29, 0.717) is 12.1 Å². The van der Waals surface area contributed by atoms with Crippen LogP contribution in [-0.2, 0) is 11.2 Å².